The van der Waals surface area contributed by atoms with E-state index in [4.69, 9.17) is 15.2 Å². The molecular formula is C13H28N2O2. The molecule has 0 aromatic carbocycles. The summed E-state index contributed by atoms with van der Waals surface area (Å²) in [4.78, 5) is 2.39. The first-order valence-corrected chi connectivity index (χ1v) is 6.61. The fourth-order valence-electron chi connectivity index (χ4n) is 2.22. The summed E-state index contributed by atoms with van der Waals surface area (Å²) in [5.41, 5.74) is 5.60. The van der Waals surface area contributed by atoms with Crippen molar-refractivity contribution < 1.29 is 9.47 Å². The molecule has 0 aromatic heterocycles. The van der Waals surface area contributed by atoms with Crippen LogP contribution in [0.15, 0.2) is 0 Å². The molecule has 102 valence electrons. The molecule has 0 aliphatic carbocycles. The molecular weight excluding hydrogens is 216 g/mol. The van der Waals surface area contributed by atoms with Crippen LogP contribution in [0, 0.1) is 5.92 Å². The van der Waals surface area contributed by atoms with Crippen LogP contribution in [0.3, 0.4) is 0 Å². The second-order valence-corrected chi connectivity index (χ2v) is 5.94. The van der Waals surface area contributed by atoms with Crippen LogP contribution in [0.2, 0.25) is 0 Å². The summed E-state index contributed by atoms with van der Waals surface area (Å²) in [5, 5.41) is 0. The lowest BCUT2D eigenvalue weighted by Gasteiger charge is -2.42. The Morgan fingerprint density at radius 3 is 2.76 bits per heavy atom. The predicted molar refractivity (Wildman–Crippen MR) is 70.1 cm³/mol. The van der Waals surface area contributed by atoms with E-state index in [0.717, 1.165) is 32.8 Å². The van der Waals surface area contributed by atoms with Crippen molar-refractivity contribution in [1.82, 2.24) is 4.90 Å². The first-order chi connectivity index (χ1) is 7.93. The molecule has 0 saturated carbocycles. The summed E-state index contributed by atoms with van der Waals surface area (Å²) >= 11 is 0. The van der Waals surface area contributed by atoms with Crippen molar-refractivity contribution in [1.29, 1.82) is 0 Å². The van der Waals surface area contributed by atoms with Crippen LogP contribution >= 0.6 is 0 Å². The van der Waals surface area contributed by atoms with Crippen molar-refractivity contribution in [3.05, 3.63) is 0 Å². The lowest BCUT2D eigenvalue weighted by atomic mass is 10.1. The lowest BCUT2D eigenvalue weighted by Crippen LogP contribution is -2.55. The third-order valence-electron chi connectivity index (χ3n) is 2.82. The van der Waals surface area contributed by atoms with Gasteiger partial charge >= 0.3 is 0 Å². The maximum absolute atomic E-state index is 5.89. The minimum absolute atomic E-state index is 0.0969. The van der Waals surface area contributed by atoms with Gasteiger partial charge in [-0.3, -0.25) is 4.90 Å². The van der Waals surface area contributed by atoms with Crippen LogP contribution in [-0.2, 0) is 9.47 Å². The zero-order chi connectivity index (χ0) is 12.9. The van der Waals surface area contributed by atoms with Crippen molar-refractivity contribution in [2.24, 2.45) is 11.7 Å². The molecule has 1 aliphatic rings. The largest absolute Gasteiger partial charge is 0.380 e. The van der Waals surface area contributed by atoms with Gasteiger partial charge in [-0.2, -0.15) is 0 Å². The summed E-state index contributed by atoms with van der Waals surface area (Å²) in [6.07, 6.45) is 0.156. The summed E-state index contributed by atoms with van der Waals surface area (Å²) < 4.78 is 11.5. The maximum Gasteiger partial charge on any atom is 0.0831 e. The summed E-state index contributed by atoms with van der Waals surface area (Å²) in [6.45, 7) is 13.7. The Bertz CT molecular complexity index is 219. The fraction of sp³-hybridized carbons (Fsp3) is 1.00. The highest BCUT2D eigenvalue weighted by atomic mass is 16.5. The molecule has 1 aliphatic heterocycles. The van der Waals surface area contributed by atoms with Crippen LogP contribution in [0.1, 0.15) is 27.7 Å². The van der Waals surface area contributed by atoms with Gasteiger partial charge in [0, 0.05) is 32.8 Å². The van der Waals surface area contributed by atoms with E-state index in [1.807, 2.05) is 0 Å². The third-order valence-corrected chi connectivity index (χ3v) is 2.82. The topological polar surface area (TPSA) is 47.7 Å². The SMILES string of the molecule is CC(C)COCCN1CC(CN)OC(C)(C)C1. The summed E-state index contributed by atoms with van der Waals surface area (Å²) in [6, 6.07) is 0. The minimum atomic E-state index is -0.0969. The molecule has 4 nitrogen and oxygen atoms in total. The summed E-state index contributed by atoms with van der Waals surface area (Å²) in [7, 11) is 0. The van der Waals surface area contributed by atoms with Crippen molar-refractivity contribution >= 4 is 0 Å². The van der Waals surface area contributed by atoms with Crippen LogP contribution in [0.25, 0.3) is 0 Å². The molecule has 0 radical (unpaired) electrons. The molecule has 1 atom stereocenters. The van der Waals surface area contributed by atoms with E-state index in [1.54, 1.807) is 0 Å². The highest BCUT2D eigenvalue weighted by molar-refractivity contribution is 4.84. The van der Waals surface area contributed by atoms with Gasteiger partial charge in [0.2, 0.25) is 0 Å². The number of morpholine rings is 1. The quantitative estimate of drug-likeness (QED) is 0.711. The number of nitrogens with two attached hydrogens (primary N) is 1. The predicted octanol–water partition coefficient (Wildman–Crippen LogP) is 1.10. The first-order valence-electron chi connectivity index (χ1n) is 6.61. The molecule has 1 heterocycles. The van der Waals surface area contributed by atoms with E-state index in [-0.39, 0.29) is 11.7 Å². The smallest absolute Gasteiger partial charge is 0.0831 e. The molecule has 0 amide bonds. The van der Waals surface area contributed by atoms with E-state index < -0.39 is 0 Å². The van der Waals surface area contributed by atoms with E-state index in [9.17, 15) is 0 Å². The van der Waals surface area contributed by atoms with Crippen molar-refractivity contribution in [2.45, 2.75) is 39.4 Å². The fourth-order valence-corrected chi connectivity index (χ4v) is 2.22. The number of rotatable bonds is 6. The number of ether oxygens (including phenoxy) is 2. The van der Waals surface area contributed by atoms with Gasteiger partial charge in [0.05, 0.1) is 18.3 Å². The Morgan fingerprint density at radius 1 is 1.47 bits per heavy atom. The number of hydrogen-bond donors (Lipinski definition) is 1. The average Bonchev–Trinajstić information content (AvgIpc) is 2.22. The number of hydrogen-bond acceptors (Lipinski definition) is 4. The molecule has 1 unspecified atom stereocenters. The normalized spacial score (nSPS) is 25.4. The summed E-state index contributed by atoms with van der Waals surface area (Å²) in [5.74, 6) is 0.605. The standard InChI is InChI=1S/C13H28N2O2/c1-11(2)9-16-6-5-15-8-12(7-14)17-13(3,4)10-15/h11-12H,5-10,14H2,1-4H3. The van der Waals surface area contributed by atoms with Gasteiger partial charge in [-0.05, 0) is 19.8 Å². The average molecular weight is 244 g/mol. The van der Waals surface area contributed by atoms with Gasteiger partial charge in [-0.1, -0.05) is 13.8 Å². The van der Waals surface area contributed by atoms with Gasteiger partial charge in [0.25, 0.3) is 0 Å². The molecule has 0 aromatic rings. The second kappa shape index (κ2) is 6.69. The highest BCUT2D eigenvalue weighted by Crippen LogP contribution is 2.20. The van der Waals surface area contributed by atoms with Crippen LogP contribution < -0.4 is 5.73 Å². The Balaban J connectivity index is 2.27. The van der Waals surface area contributed by atoms with Crippen LogP contribution in [-0.4, -0.2) is 56.0 Å². The maximum atomic E-state index is 5.89. The van der Waals surface area contributed by atoms with Crippen molar-refractivity contribution in [3.63, 3.8) is 0 Å². The van der Waals surface area contributed by atoms with Crippen molar-refractivity contribution in [3.8, 4) is 0 Å². The van der Waals surface area contributed by atoms with E-state index in [0.29, 0.717) is 12.5 Å². The van der Waals surface area contributed by atoms with Crippen LogP contribution in [0.5, 0.6) is 0 Å². The van der Waals surface area contributed by atoms with E-state index in [2.05, 4.69) is 32.6 Å². The molecule has 0 bridgehead atoms. The van der Waals surface area contributed by atoms with Gasteiger partial charge in [0.1, 0.15) is 0 Å². The zero-order valence-electron chi connectivity index (χ0n) is 11.7. The monoisotopic (exact) mass is 244 g/mol. The highest BCUT2D eigenvalue weighted by Gasteiger charge is 2.32. The minimum Gasteiger partial charge on any atom is -0.380 e. The second-order valence-electron chi connectivity index (χ2n) is 5.94. The van der Waals surface area contributed by atoms with Gasteiger partial charge < -0.3 is 15.2 Å². The van der Waals surface area contributed by atoms with E-state index >= 15 is 0 Å². The molecule has 0 spiro atoms. The third kappa shape index (κ3) is 5.82. The van der Waals surface area contributed by atoms with Gasteiger partial charge in [0.15, 0.2) is 0 Å². The molecule has 17 heavy (non-hydrogen) atoms. The molecule has 1 fully saturated rings. The Morgan fingerprint density at radius 2 is 2.18 bits per heavy atom. The van der Waals surface area contributed by atoms with Gasteiger partial charge in [-0.25, -0.2) is 0 Å². The molecule has 4 heteroatoms. The Labute approximate surface area is 105 Å². The zero-order valence-corrected chi connectivity index (χ0v) is 11.7. The molecule has 1 saturated heterocycles. The lowest BCUT2D eigenvalue weighted by molar-refractivity contribution is -0.134. The van der Waals surface area contributed by atoms with Crippen LogP contribution in [0.4, 0.5) is 0 Å². The van der Waals surface area contributed by atoms with E-state index in [1.165, 1.54) is 0 Å². The van der Waals surface area contributed by atoms with Gasteiger partial charge in [-0.15, -0.1) is 0 Å². The first kappa shape index (κ1) is 14.9. The van der Waals surface area contributed by atoms with Crippen molar-refractivity contribution in [2.75, 3.05) is 39.4 Å². The molecule has 2 N–H and O–H groups in total. The number of nitrogens with zero attached hydrogens (tertiary/aromatic N) is 1. The molecule has 1 rings (SSSR count). The Hall–Kier alpha value is -0.160. The Kier molecular flexibility index (Phi) is 5.86.